The maximum Gasteiger partial charge on any atom is 0.147 e. The lowest BCUT2D eigenvalue weighted by molar-refractivity contribution is 0.0882. The molecule has 1 fully saturated rings. The van der Waals surface area contributed by atoms with Crippen LogP contribution in [0.15, 0.2) is 17.8 Å². The van der Waals surface area contributed by atoms with Gasteiger partial charge in [-0.1, -0.05) is 19.8 Å². The van der Waals surface area contributed by atoms with E-state index in [0.29, 0.717) is 0 Å². The van der Waals surface area contributed by atoms with Crippen LogP contribution in [0.25, 0.3) is 10.2 Å². The molecule has 1 saturated carbocycles. The molecule has 114 valence electrons. The van der Waals surface area contributed by atoms with Gasteiger partial charge in [0.2, 0.25) is 0 Å². The van der Waals surface area contributed by atoms with Crippen molar-refractivity contribution in [1.82, 2.24) is 14.9 Å². The number of nitrogens with one attached hydrogen (secondary N) is 1. The highest BCUT2D eigenvalue weighted by molar-refractivity contribution is 7.17. The molecule has 0 aromatic carbocycles. The van der Waals surface area contributed by atoms with Crippen LogP contribution in [-0.4, -0.2) is 41.0 Å². The lowest BCUT2D eigenvalue weighted by Crippen LogP contribution is -2.52. The van der Waals surface area contributed by atoms with Crippen LogP contribution in [0.2, 0.25) is 0 Å². The van der Waals surface area contributed by atoms with Gasteiger partial charge in [-0.15, -0.1) is 11.3 Å². The summed E-state index contributed by atoms with van der Waals surface area (Å²) >= 11 is 1.71. The first kappa shape index (κ1) is 14.7. The molecule has 2 aromatic rings. The zero-order chi connectivity index (χ0) is 14.9. The Balaban J connectivity index is 1.79. The molecule has 0 radical (unpaired) electrons. The Morgan fingerprint density at radius 2 is 2.29 bits per heavy atom. The smallest absolute Gasteiger partial charge is 0.147 e. The lowest BCUT2D eigenvalue weighted by Gasteiger charge is -2.45. The number of fused-ring (bicyclic) bond motifs is 1. The lowest BCUT2D eigenvalue weighted by atomic mass is 9.75. The fourth-order valence-electron chi connectivity index (χ4n) is 3.52. The third kappa shape index (κ3) is 2.90. The van der Waals surface area contributed by atoms with E-state index in [1.54, 1.807) is 17.7 Å². The summed E-state index contributed by atoms with van der Waals surface area (Å²) in [5, 5.41) is 5.68. The monoisotopic (exact) mass is 304 g/mol. The molecule has 2 aromatic heterocycles. The van der Waals surface area contributed by atoms with Gasteiger partial charge in [-0.3, -0.25) is 0 Å². The van der Waals surface area contributed by atoms with E-state index < -0.39 is 0 Å². The standard InChI is InChI=1S/C16H24N4S/c1-12-5-4-7-16(9-12,20(2)3)10-17-15-14-13(6-8-21-14)18-11-19-15/h6,8,11-12H,4-5,7,9-10H2,1-3H3,(H,17,18,19). The van der Waals surface area contributed by atoms with Gasteiger partial charge in [0.25, 0.3) is 0 Å². The van der Waals surface area contributed by atoms with Crippen LogP contribution in [0.3, 0.4) is 0 Å². The van der Waals surface area contributed by atoms with Gasteiger partial charge in [0.15, 0.2) is 0 Å². The van der Waals surface area contributed by atoms with Crippen molar-refractivity contribution in [1.29, 1.82) is 0 Å². The Bertz CT molecular complexity index is 609. The highest BCUT2D eigenvalue weighted by Crippen LogP contribution is 2.36. The number of hydrogen-bond acceptors (Lipinski definition) is 5. The summed E-state index contributed by atoms with van der Waals surface area (Å²) < 4.78 is 1.16. The van der Waals surface area contributed by atoms with Crippen LogP contribution in [0.4, 0.5) is 5.82 Å². The molecule has 2 atom stereocenters. The largest absolute Gasteiger partial charge is 0.367 e. The molecule has 21 heavy (non-hydrogen) atoms. The first-order valence-corrected chi connectivity index (χ1v) is 8.58. The zero-order valence-corrected chi connectivity index (χ0v) is 13.9. The molecule has 4 nitrogen and oxygen atoms in total. The van der Waals surface area contributed by atoms with Gasteiger partial charge in [0, 0.05) is 12.1 Å². The van der Waals surface area contributed by atoms with Crippen LogP contribution >= 0.6 is 11.3 Å². The second-order valence-corrected chi connectivity index (χ2v) is 7.45. The molecule has 0 saturated heterocycles. The highest BCUT2D eigenvalue weighted by atomic mass is 32.1. The van der Waals surface area contributed by atoms with Gasteiger partial charge in [-0.25, -0.2) is 9.97 Å². The summed E-state index contributed by atoms with van der Waals surface area (Å²) in [4.78, 5) is 11.2. The van der Waals surface area contributed by atoms with Crippen molar-refractivity contribution in [3.8, 4) is 0 Å². The minimum absolute atomic E-state index is 0.242. The first-order chi connectivity index (χ1) is 10.1. The Labute approximate surface area is 130 Å². The zero-order valence-electron chi connectivity index (χ0n) is 13.1. The van der Waals surface area contributed by atoms with Crippen molar-refractivity contribution in [3.63, 3.8) is 0 Å². The molecule has 2 unspecified atom stereocenters. The average Bonchev–Trinajstić information content (AvgIpc) is 2.94. The quantitative estimate of drug-likeness (QED) is 0.937. The van der Waals surface area contributed by atoms with Crippen molar-refractivity contribution in [2.45, 2.75) is 38.1 Å². The van der Waals surface area contributed by atoms with E-state index in [1.165, 1.54) is 25.7 Å². The van der Waals surface area contributed by atoms with Crippen LogP contribution in [0.1, 0.15) is 32.6 Å². The minimum Gasteiger partial charge on any atom is -0.367 e. The fourth-order valence-corrected chi connectivity index (χ4v) is 4.33. The van der Waals surface area contributed by atoms with E-state index in [4.69, 9.17) is 0 Å². The second kappa shape index (κ2) is 5.89. The van der Waals surface area contributed by atoms with Gasteiger partial charge in [-0.2, -0.15) is 0 Å². The Hall–Kier alpha value is -1.20. The summed E-state index contributed by atoms with van der Waals surface area (Å²) in [7, 11) is 4.42. The predicted octanol–water partition coefficient (Wildman–Crippen LogP) is 3.61. The molecule has 1 aliphatic carbocycles. The Morgan fingerprint density at radius 3 is 3.05 bits per heavy atom. The number of thiophene rings is 1. The number of likely N-dealkylation sites (N-methyl/N-ethyl adjacent to an activating group) is 1. The summed E-state index contributed by atoms with van der Waals surface area (Å²) in [6, 6.07) is 2.05. The maximum atomic E-state index is 4.44. The predicted molar refractivity (Wildman–Crippen MR) is 90.0 cm³/mol. The molecule has 0 spiro atoms. The van der Waals surface area contributed by atoms with Crippen LogP contribution in [0, 0.1) is 5.92 Å². The van der Waals surface area contributed by atoms with Crippen LogP contribution in [-0.2, 0) is 0 Å². The maximum absolute atomic E-state index is 4.44. The van der Waals surface area contributed by atoms with E-state index in [2.05, 4.69) is 52.7 Å². The number of nitrogens with zero attached hydrogens (tertiary/aromatic N) is 3. The number of aromatic nitrogens is 2. The van der Waals surface area contributed by atoms with Gasteiger partial charge in [0.1, 0.15) is 12.1 Å². The normalized spacial score (nSPS) is 26.4. The Morgan fingerprint density at radius 1 is 1.43 bits per heavy atom. The molecule has 5 heteroatoms. The summed E-state index contributed by atoms with van der Waals surface area (Å²) in [5.74, 6) is 1.78. The number of rotatable bonds is 4. The molecule has 2 heterocycles. The first-order valence-electron chi connectivity index (χ1n) is 7.70. The van der Waals surface area contributed by atoms with Crippen molar-refractivity contribution in [3.05, 3.63) is 17.8 Å². The van der Waals surface area contributed by atoms with Gasteiger partial charge < -0.3 is 10.2 Å². The van der Waals surface area contributed by atoms with E-state index in [0.717, 1.165) is 28.5 Å². The van der Waals surface area contributed by atoms with Crippen LogP contribution < -0.4 is 5.32 Å². The number of anilines is 1. The van der Waals surface area contributed by atoms with Crippen LogP contribution in [0.5, 0.6) is 0 Å². The Kier molecular flexibility index (Phi) is 4.13. The molecule has 0 aliphatic heterocycles. The highest BCUT2D eigenvalue weighted by Gasteiger charge is 2.36. The second-order valence-electron chi connectivity index (χ2n) is 6.53. The summed E-state index contributed by atoms with van der Waals surface area (Å²) in [6.07, 6.45) is 6.85. The van der Waals surface area contributed by atoms with Crippen molar-refractivity contribution >= 4 is 27.4 Å². The van der Waals surface area contributed by atoms with Crippen molar-refractivity contribution < 1.29 is 0 Å². The molecule has 1 aliphatic rings. The third-order valence-corrected chi connectivity index (χ3v) is 5.75. The van der Waals surface area contributed by atoms with Crippen molar-refractivity contribution in [2.75, 3.05) is 26.0 Å². The molecule has 1 N–H and O–H groups in total. The topological polar surface area (TPSA) is 41.1 Å². The number of hydrogen-bond donors (Lipinski definition) is 1. The molecular formula is C16H24N4S. The van der Waals surface area contributed by atoms with E-state index in [1.807, 2.05) is 0 Å². The fraction of sp³-hybridized carbons (Fsp3) is 0.625. The summed E-state index contributed by atoms with van der Waals surface area (Å²) in [6.45, 7) is 3.33. The van der Waals surface area contributed by atoms with Gasteiger partial charge >= 0.3 is 0 Å². The average molecular weight is 304 g/mol. The van der Waals surface area contributed by atoms with E-state index in [9.17, 15) is 0 Å². The van der Waals surface area contributed by atoms with Crippen molar-refractivity contribution in [2.24, 2.45) is 5.92 Å². The molecule has 0 amide bonds. The van der Waals surface area contributed by atoms with Gasteiger partial charge in [0.05, 0.1) is 10.2 Å². The molecular weight excluding hydrogens is 280 g/mol. The van der Waals surface area contributed by atoms with E-state index in [-0.39, 0.29) is 5.54 Å². The summed E-state index contributed by atoms with van der Waals surface area (Å²) in [5.41, 5.74) is 1.28. The van der Waals surface area contributed by atoms with E-state index >= 15 is 0 Å². The molecule has 3 rings (SSSR count). The molecule has 0 bridgehead atoms. The SMILES string of the molecule is CC1CCCC(CNc2ncnc3ccsc23)(N(C)C)C1. The van der Waals surface area contributed by atoms with Gasteiger partial charge in [-0.05, 0) is 44.3 Å². The third-order valence-electron chi connectivity index (χ3n) is 4.84. The minimum atomic E-state index is 0.242.